The molecule has 1 aromatic carbocycles. The van der Waals surface area contributed by atoms with Gasteiger partial charge >= 0.3 is 5.97 Å². The Morgan fingerprint density at radius 1 is 1.39 bits per heavy atom. The molecule has 0 spiro atoms. The number of carbonyl (C=O) groups is 1. The van der Waals surface area contributed by atoms with Crippen molar-refractivity contribution in [2.24, 2.45) is 0 Å². The average molecular weight is 263 g/mol. The van der Waals surface area contributed by atoms with E-state index >= 15 is 0 Å². The summed E-state index contributed by atoms with van der Waals surface area (Å²) < 4.78 is 5.14. The highest BCUT2D eigenvalue weighted by Gasteiger charge is 2.03. The number of benzene rings is 1. The summed E-state index contributed by atoms with van der Waals surface area (Å²) in [4.78, 5) is 11.0. The van der Waals surface area contributed by atoms with E-state index in [9.17, 15) is 4.79 Å². The molecule has 0 atom stereocenters. The zero-order valence-corrected chi connectivity index (χ0v) is 11.0. The second kappa shape index (κ2) is 8.38. The number of alkyl halides is 1. The van der Waals surface area contributed by atoms with Gasteiger partial charge in [-0.15, -0.1) is 11.6 Å². The maximum Gasteiger partial charge on any atom is 0.308 e. The van der Waals surface area contributed by atoms with E-state index < -0.39 is 0 Å². The first-order valence-corrected chi connectivity index (χ1v) is 6.26. The van der Waals surface area contributed by atoms with Gasteiger partial charge in [0.1, 0.15) is 5.76 Å². The van der Waals surface area contributed by atoms with Gasteiger partial charge < -0.3 is 4.74 Å². The summed E-state index contributed by atoms with van der Waals surface area (Å²) in [5.41, 5.74) is 0.833. The van der Waals surface area contributed by atoms with Gasteiger partial charge in [0.25, 0.3) is 0 Å². The van der Waals surface area contributed by atoms with Crippen LogP contribution in [0.15, 0.2) is 36.4 Å². The smallest absolute Gasteiger partial charge is 0.308 e. The van der Waals surface area contributed by atoms with Gasteiger partial charge in [0.15, 0.2) is 0 Å². The number of esters is 1. The van der Waals surface area contributed by atoms with Crippen LogP contribution in [0.2, 0.25) is 0 Å². The number of ether oxygens (including phenoxy) is 1. The van der Waals surface area contributed by atoms with E-state index in [1.54, 1.807) is 6.08 Å². The molecule has 0 heterocycles. The Hall–Kier alpha value is -1.72. The average Bonchev–Trinajstić information content (AvgIpc) is 2.38. The van der Waals surface area contributed by atoms with Crippen LogP contribution < -0.4 is 0 Å². The molecule has 0 aliphatic carbocycles. The highest BCUT2D eigenvalue weighted by Crippen LogP contribution is 2.15. The Bertz CT molecular complexity index is 466. The first kappa shape index (κ1) is 14.3. The Morgan fingerprint density at radius 2 is 2.11 bits per heavy atom. The lowest BCUT2D eigenvalue weighted by Gasteiger charge is -2.05. The van der Waals surface area contributed by atoms with Crippen LogP contribution >= 0.6 is 11.6 Å². The fraction of sp³-hybridized carbons (Fsp3) is 0.267. The van der Waals surface area contributed by atoms with Gasteiger partial charge in [-0.1, -0.05) is 42.2 Å². The third-order valence-corrected chi connectivity index (χ3v) is 2.32. The monoisotopic (exact) mass is 262 g/mol. The van der Waals surface area contributed by atoms with E-state index in [1.165, 1.54) is 6.92 Å². The van der Waals surface area contributed by atoms with E-state index in [0.29, 0.717) is 11.6 Å². The largest absolute Gasteiger partial charge is 0.425 e. The number of carbonyl (C=O) groups excluding carboxylic acids is 1. The van der Waals surface area contributed by atoms with Crippen LogP contribution in [0, 0.1) is 11.8 Å². The van der Waals surface area contributed by atoms with E-state index in [0.717, 1.165) is 18.4 Å². The topological polar surface area (TPSA) is 26.3 Å². The van der Waals surface area contributed by atoms with Gasteiger partial charge in [-0.05, 0) is 6.42 Å². The molecular formula is C15H15ClO2. The van der Waals surface area contributed by atoms with Crippen LogP contribution in [-0.2, 0) is 9.53 Å². The molecule has 0 bridgehead atoms. The summed E-state index contributed by atoms with van der Waals surface area (Å²) in [6, 6.07) is 9.41. The van der Waals surface area contributed by atoms with Crippen molar-refractivity contribution >= 4 is 23.3 Å². The first-order valence-electron chi connectivity index (χ1n) is 5.72. The van der Waals surface area contributed by atoms with E-state index in [2.05, 4.69) is 11.8 Å². The van der Waals surface area contributed by atoms with Gasteiger partial charge in [-0.2, -0.15) is 0 Å². The zero-order valence-electron chi connectivity index (χ0n) is 10.3. The Kier molecular flexibility index (Phi) is 6.68. The second-order valence-electron chi connectivity index (χ2n) is 3.58. The molecule has 0 unspecified atom stereocenters. The molecule has 1 rings (SSSR count). The van der Waals surface area contributed by atoms with Crippen molar-refractivity contribution in [2.75, 3.05) is 5.88 Å². The molecule has 0 aliphatic heterocycles. The molecule has 0 aliphatic rings. The number of hydrogen-bond acceptors (Lipinski definition) is 2. The van der Waals surface area contributed by atoms with Crippen molar-refractivity contribution in [1.82, 2.24) is 0 Å². The molecule has 0 aromatic heterocycles. The van der Waals surface area contributed by atoms with Crippen LogP contribution in [0.25, 0.3) is 5.76 Å². The van der Waals surface area contributed by atoms with E-state index in [4.69, 9.17) is 16.3 Å². The number of halogens is 1. The Labute approximate surface area is 113 Å². The van der Waals surface area contributed by atoms with E-state index in [-0.39, 0.29) is 5.97 Å². The van der Waals surface area contributed by atoms with Crippen LogP contribution in [0.5, 0.6) is 0 Å². The first-order chi connectivity index (χ1) is 8.74. The molecule has 2 nitrogen and oxygen atoms in total. The molecule has 3 heteroatoms. The van der Waals surface area contributed by atoms with Crippen LogP contribution in [0.3, 0.4) is 0 Å². The van der Waals surface area contributed by atoms with Gasteiger partial charge in [-0.3, -0.25) is 4.79 Å². The molecule has 0 fully saturated rings. The second-order valence-corrected chi connectivity index (χ2v) is 3.96. The van der Waals surface area contributed by atoms with Gasteiger partial charge in [0, 0.05) is 30.9 Å². The standard InChI is InChI=1S/C15H15ClO2/c1-13(17)18-15(11-7-2-3-8-12-16)14-9-5-4-6-10-14/h4-6,9-11H,3,8,12H2,1H3/b15-11-. The molecule has 0 radical (unpaired) electrons. The fourth-order valence-corrected chi connectivity index (χ4v) is 1.41. The lowest BCUT2D eigenvalue weighted by Crippen LogP contribution is -1.98. The molecule has 1 aromatic rings. The van der Waals surface area contributed by atoms with Gasteiger partial charge in [-0.25, -0.2) is 0 Å². The minimum Gasteiger partial charge on any atom is -0.425 e. The normalized spacial score (nSPS) is 10.4. The van der Waals surface area contributed by atoms with Crippen molar-refractivity contribution in [3.05, 3.63) is 42.0 Å². The van der Waals surface area contributed by atoms with Crippen LogP contribution in [-0.4, -0.2) is 11.8 Å². The molecule has 0 saturated heterocycles. The van der Waals surface area contributed by atoms with Crippen LogP contribution in [0.4, 0.5) is 0 Å². The zero-order chi connectivity index (χ0) is 13.2. The molecule has 0 N–H and O–H groups in total. The Morgan fingerprint density at radius 3 is 2.72 bits per heavy atom. The minimum atomic E-state index is -0.354. The minimum absolute atomic E-state index is 0.354. The van der Waals surface area contributed by atoms with Crippen molar-refractivity contribution in [3.63, 3.8) is 0 Å². The quantitative estimate of drug-likeness (QED) is 0.272. The maximum absolute atomic E-state index is 11.0. The summed E-state index contributed by atoms with van der Waals surface area (Å²) >= 11 is 5.56. The number of rotatable bonds is 4. The summed E-state index contributed by atoms with van der Waals surface area (Å²) in [6.07, 6.45) is 3.21. The SMILES string of the molecule is CC(=O)O/C(=C\C#CCCCCl)c1ccccc1. The lowest BCUT2D eigenvalue weighted by molar-refractivity contribution is -0.134. The highest BCUT2D eigenvalue weighted by atomic mass is 35.5. The Balaban J connectivity index is 2.81. The van der Waals surface area contributed by atoms with Crippen molar-refractivity contribution in [3.8, 4) is 11.8 Å². The summed E-state index contributed by atoms with van der Waals surface area (Å²) in [5, 5.41) is 0. The van der Waals surface area contributed by atoms with Gasteiger partial charge in [0.2, 0.25) is 0 Å². The molecule has 0 saturated carbocycles. The summed E-state index contributed by atoms with van der Waals surface area (Å²) in [5.74, 6) is 6.56. The summed E-state index contributed by atoms with van der Waals surface area (Å²) in [6.45, 7) is 1.37. The molecular weight excluding hydrogens is 248 g/mol. The molecule has 0 amide bonds. The van der Waals surface area contributed by atoms with Crippen molar-refractivity contribution in [2.45, 2.75) is 19.8 Å². The lowest BCUT2D eigenvalue weighted by atomic mass is 10.2. The van der Waals surface area contributed by atoms with Crippen molar-refractivity contribution < 1.29 is 9.53 Å². The third-order valence-electron chi connectivity index (χ3n) is 2.05. The molecule has 18 heavy (non-hydrogen) atoms. The number of hydrogen-bond donors (Lipinski definition) is 0. The fourth-order valence-electron chi connectivity index (χ4n) is 1.27. The maximum atomic E-state index is 11.0. The van der Waals surface area contributed by atoms with Gasteiger partial charge in [0.05, 0.1) is 0 Å². The third kappa shape index (κ3) is 5.56. The number of allylic oxidation sites excluding steroid dienone is 1. The highest BCUT2D eigenvalue weighted by molar-refractivity contribution is 6.17. The van der Waals surface area contributed by atoms with E-state index in [1.807, 2.05) is 30.3 Å². The number of unbranched alkanes of at least 4 members (excludes halogenated alkanes) is 1. The molecule has 94 valence electrons. The predicted octanol–water partition coefficient (Wildman–Crippen LogP) is 3.61. The summed E-state index contributed by atoms with van der Waals surface area (Å²) in [7, 11) is 0. The van der Waals surface area contributed by atoms with Crippen LogP contribution in [0.1, 0.15) is 25.3 Å². The predicted molar refractivity (Wildman–Crippen MR) is 73.9 cm³/mol. The van der Waals surface area contributed by atoms with Crippen molar-refractivity contribution in [1.29, 1.82) is 0 Å².